The second kappa shape index (κ2) is 13.1. The summed E-state index contributed by atoms with van der Waals surface area (Å²) >= 11 is 6.43. The Morgan fingerprint density at radius 3 is 2.68 bits per heavy atom. The number of hydrogen-bond acceptors (Lipinski definition) is 7. The first-order chi connectivity index (χ1) is 21.4. The minimum absolute atomic E-state index is 0.0347. The van der Waals surface area contributed by atoms with E-state index >= 15 is 0 Å². The molecule has 236 valence electrons. The van der Waals surface area contributed by atoms with E-state index in [1.165, 1.54) is 23.8 Å². The number of carbonyl (C=O) groups excluding carboxylic acids is 2. The van der Waals surface area contributed by atoms with Gasteiger partial charge in [0.1, 0.15) is 5.75 Å². The number of aryl methyl sites for hydroxylation is 1. The average molecular weight is 622 g/mol. The van der Waals surface area contributed by atoms with E-state index in [4.69, 9.17) is 30.5 Å². The van der Waals surface area contributed by atoms with Crippen LogP contribution in [0.3, 0.4) is 0 Å². The molecular formula is C36H44ClNO6. The van der Waals surface area contributed by atoms with Crippen molar-refractivity contribution in [2.75, 3.05) is 45.4 Å². The molecule has 1 aliphatic heterocycles. The first-order valence-electron chi connectivity index (χ1n) is 16.1. The Hall–Kier alpha value is -3.03. The van der Waals surface area contributed by atoms with E-state index in [0.29, 0.717) is 37.0 Å². The number of rotatable bonds is 8. The van der Waals surface area contributed by atoms with Crippen molar-refractivity contribution >= 4 is 29.2 Å². The largest absolute Gasteiger partial charge is 0.490 e. The van der Waals surface area contributed by atoms with Gasteiger partial charge in [0, 0.05) is 30.6 Å². The summed E-state index contributed by atoms with van der Waals surface area (Å²) in [7, 11) is 3.23. The van der Waals surface area contributed by atoms with Gasteiger partial charge in [0.15, 0.2) is 0 Å². The molecule has 2 aromatic carbocycles. The molecule has 5 atom stereocenters. The van der Waals surface area contributed by atoms with Gasteiger partial charge in [0.25, 0.3) is 0 Å². The van der Waals surface area contributed by atoms with Crippen molar-refractivity contribution in [3.8, 4) is 5.75 Å². The van der Waals surface area contributed by atoms with Gasteiger partial charge in [-0.15, -0.1) is 0 Å². The van der Waals surface area contributed by atoms with E-state index < -0.39 is 0 Å². The highest BCUT2D eigenvalue weighted by Gasteiger charge is 2.45. The van der Waals surface area contributed by atoms with E-state index in [9.17, 15) is 9.59 Å². The predicted molar refractivity (Wildman–Crippen MR) is 171 cm³/mol. The minimum Gasteiger partial charge on any atom is -0.490 e. The van der Waals surface area contributed by atoms with Crippen molar-refractivity contribution in [2.24, 2.45) is 17.8 Å². The molecule has 0 aromatic heterocycles. The highest BCUT2D eigenvalue weighted by atomic mass is 35.5. The Balaban J connectivity index is 1.28. The lowest BCUT2D eigenvalue weighted by atomic mass is 9.66. The van der Waals surface area contributed by atoms with Crippen molar-refractivity contribution in [1.29, 1.82) is 0 Å². The maximum absolute atomic E-state index is 12.6. The summed E-state index contributed by atoms with van der Waals surface area (Å²) in [6.45, 7) is 4.49. The molecule has 1 saturated carbocycles. The quantitative estimate of drug-likeness (QED) is 0.234. The van der Waals surface area contributed by atoms with Crippen LogP contribution in [0.1, 0.15) is 73.4 Å². The van der Waals surface area contributed by atoms with Crippen LogP contribution in [-0.4, -0.2) is 58.6 Å². The molecule has 0 saturated heterocycles. The van der Waals surface area contributed by atoms with Crippen LogP contribution in [0.4, 0.5) is 5.69 Å². The van der Waals surface area contributed by atoms with Crippen molar-refractivity contribution < 1.29 is 28.5 Å². The Morgan fingerprint density at radius 1 is 1.11 bits per heavy atom. The van der Waals surface area contributed by atoms with E-state index in [0.717, 1.165) is 74.5 Å². The number of ether oxygens (including phenoxy) is 4. The van der Waals surface area contributed by atoms with Gasteiger partial charge in [-0.05, 0) is 117 Å². The molecule has 0 bridgehead atoms. The molecule has 0 radical (unpaired) electrons. The zero-order chi connectivity index (χ0) is 30.8. The number of allylic oxidation sites excluding steroid dienone is 1. The van der Waals surface area contributed by atoms with E-state index in [1.54, 1.807) is 6.07 Å². The first-order valence-corrected chi connectivity index (χ1v) is 16.5. The zero-order valence-corrected chi connectivity index (χ0v) is 26.9. The van der Waals surface area contributed by atoms with Crippen molar-refractivity contribution in [2.45, 2.75) is 69.8 Å². The number of benzene rings is 2. The zero-order valence-electron chi connectivity index (χ0n) is 26.1. The third kappa shape index (κ3) is 5.97. The molecule has 8 heteroatoms. The number of methoxy groups -OCH3 is 2. The summed E-state index contributed by atoms with van der Waals surface area (Å²) < 4.78 is 23.1. The molecule has 2 unspecified atom stereocenters. The van der Waals surface area contributed by atoms with Crippen LogP contribution in [0.25, 0.3) is 0 Å². The third-order valence-corrected chi connectivity index (χ3v) is 10.7. The van der Waals surface area contributed by atoms with Crippen LogP contribution < -0.4 is 9.64 Å². The highest BCUT2D eigenvalue weighted by Crippen LogP contribution is 2.48. The van der Waals surface area contributed by atoms with Crippen LogP contribution in [0.15, 0.2) is 48.0 Å². The summed E-state index contributed by atoms with van der Waals surface area (Å²) in [5.41, 5.74) is 5.22. The molecule has 4 aliphatic rings. The Morgan fingerprint density at radius 2 is 1.98 bits per heavy atom. The molecule has 7 nitrogen and oxygen atoms in total. The van der Waals surface area contributed by atoms with Crippen molar-refractivity contribution in [3.63, 3.8) is 0 Å². The van der Waals surface area contributed by atoms with Gasteiger partial charge in [0.2, 0.25) is 0 Å². The van der Waals surface area contributed by atoms with Gasteiger partial charge in [-0.3, -0.25) is 4.79 Å². The molecule has 6 rings (SSSR count). The second-order valence-electron chi connectivity index (χ2n) is 12.9. The number of fused-ring (bicyclic) bond motifs is 3. The number of halogens is 1. The summed E-state index contributed by atoms with van der Waals surface area (Å²) in [5.74, 6) is 1.10. The maximum atomic E-state index is 12.6. The van der Waals surface area contributed by atoms with Gasteiger partial charge in [-0.1, -0.05) is 23.7 Å². The summed E-state index contributed by atoms with van der Waals surface area (Å²) in [6, 6.07) is 12.0. The van der Waals surface area contributed by atoms with Crippen LogP contribution in [0, 0.1) is 17.8 Å². The van der Waals surface area contributed by atoms with Crippen molar-refractivity contribution in [3.05, 3.63) is 69.8 Å². The van der Waals surface area contributed by atoms with Crippen LogP contribution in [0.2, 0.25) is 5.02 Å². The lowest BCUT2D eigenvalue weighted by molar-refractivity contribution is -0.148. The fourth-order valence-corrected chi connectivity index (χ4v) is 8.24. The lowest BCUT2D eigenvalue weighted by Gasteiger charge is -2.47. The van der Waals surface area contributed by atoms with E-state index in [1.807, 2.05) is 32.2 Å². The van der Waals surface area contributed by atoms with Gasteiger partial charge < -0.3 is 23.8 Å². The minimum atomic E-state index is -0.351. The Labute approximate surface area is 265 Å². The van der Waals surface area contributed by atoms with E-state index in [-0.39, 0.29) is 29.4 Å². The third-order valence-electron chi connectivity index (χ3n) is 10.5. The topological polar surface area (TPSA) is 74.3 Å². The van der Waals surface area contributed by atoms with E-state index in [2.05, 4.69) is 23.1 Å². The molecule has 0 N–H and O–H groups in total. The number of carbonyl (C=O) groups is 2. The number of nitrogens with zero attached hydrogens (tertiary/aromatic N) is 1. The van der Waals surface area contributed by atoms with Gasteiger partial charge in [-0.2, -0.15) is 0 Å². The van der Waals surface area contributed by atoms with Gasteiger partial charge in [0.05, 0.1) is 43.6 Å². The summed E-state index contributed by atoms with van der Waals surface area (Å²) in [4.78, 5) is 27.4. The molecule has 1 spiro atoms. The monoisotopic (exact) mass is 621 g/mol. The maximum Gasteiger partial charge on any atom is 0.337 e. The SMILES string of the molecule is CCOC(=O)C1CC=C(C(OC)[C@@H]2CC[C@H]2CN2C[C@@]3(CCCc4cc(Cl)ccc43)COc3ccc(C(=O)OC)cc32)CC1. The molecule has 0 amide bonds. The molecule has 2 aromatic rings. The highest BCUT2D eigenvalue weighted by molar-refractivity contribution is 6.30. The average Bonchev–Trinajstić information content (AvgIpc) is 3.18. The first kappa shape index (κ1) is 31.0. The molecule has 1 fully saturated rings. The fourth-order valence-electron chi connectivity index (χ4n) is 8.05. The molecule has 3 aliphatic carbocycles. The Kier molecular flexibility index (Phi) is 9.25. The van der Waals surface area contributed by atoms with Crippen LogP contribution >= 0.6 is 11.6 Å². The standard InChI is InChI=1S/C36H44ClNO6/c1-4-43-35(40)24-9-7-23(8-10-24)33(41-2)29-14-11-27(29)20-38-21-36(17-5-6-25-18-28(37)13-15-30(25)36)22-44-32-16-12-26(19-31(32)38)34(39)42-3/h7,12-13,15-16,18-19,24,27,29,33H,4-6,8-11,14,17,20-22H2,1-3H3/t24?,27-,29+,33?,36-/m0/s1. The number of hydrogen-bond donors (Lipinski definition) is 0. The molecule has 1 heterocycles. The van der Waals surface area contributed by atoms with Crippen LogP contribution in [0.5, 0.6) is 5.75 Å². The second-order valence-corrected chi connectivity index (χ2v) is 13.4. The summed E-state index contributed by atoms with van der Waals surface area (Å²) in [5, 5.41) is 0.770. The van der Waals surface area contributed by atoms with Crippen molar-refractivity contribution in [1.82, 2.24) is 0 Å². The lowest BCUT2D eigenvalue weighted by Crippen LogP contribution is -2.50. The van der Waals surface area contributed by atoms with Gasteiger partial charge in [-0.25, -0.2) is 4.79 Å². The number of esters is 2. The van der Waals surface area contributed by atoms with Gasteiger partial charge >= 0.3 is 11.9 Å². The Bertz CT molecular complexity index is 1420. The molecular weight excluding hydrogens is 578 g/mol. The summed E-state index contributed by atoms with van der Waals surface area (Å²) in [6.07, 6.45) is 9.98. The van der Waals surface area contributed by atoms with Crippen LogP contribution in [-0.2, 0) is 30.8 Å². The number of anilines is 1. The smallest absolute Gasteiger partial charge is 0.337 e. The normalized spacial score (nSPS) is 26.7. The predicted octanol–water partition coefficient (Wildman–Crippen LogP) is 6.93. The fraction of sp³-hybridized carbons (Fsp3) is 0.556. The molecule has 44 heavy (non-hydrogen) atoms.